The predicted molar refractivity (Wildman–Crippen MR) is 97.9 cm³/mol. The monoisotopic (exact) mass is 328 g/mol. The highest BCUT2D eigenvalue weighted by atomic mass is 32.2. The molecule has 2 aliphatic carbocycles. The van der Waals surface area contributed by atoms with Crippen LogP contribution in [-0.2, 0) is 0 Å². The lowest BCUT2D eigenvalue weighted by molar-refractivity contribution is 0.112. The Morgan fingerprint density at radius 1 is 1.17 bits per heavy atom. The maximum absolute atomic E-state index is 11.5. The molecule has 1 saturated heterocycles. The quantitative estimate of drug-likeness (QED) is 0.846. The number of aldehydes is 1. The third kappa shape index (κ3) is 2.15. The lowest BCUT2D eigenvalue weighted by Gasteiger charge is -2.34. The zero-order valence-electron chi connectivity index (χ0n) is 13.7. The fourth-order valence-electron chi connectivity index (χ4n) is 4.21. The molecule has 0 bridgehead atoms. The van der Waals surface area contributed by atoms with Crippen LogP contribution >= 0.6 is 9.62 Å². The molecule has 2 saturated carbocycles. The van der Waals surface area contributed by atoms with E-state index in [2.05, 4.69) is 33.2 Å². The van der Waals surface area contributed by atoms with Crippen molar-refractivity contribution in [3.05, 3.63) is 23.8 Å². The second-order valence-corrected chi connectivity index (χ2v) is 11.0. The Morgan fingerprint density at radius 3 is 2.48 bits per heavy atom. The molecule has 0 amide bonds. The summed E-state index contributed by atoms with van der Waals surface area (Å²) in [6.07, 6.45) is 11.3. The minimum Gasteiger partial charge on any atom is -0.371 e. The molecule has 23 heavy (non-hydrogen) atoms. The Hall–Kier alpha value is -1.38. The SMILES string of the molecule is CS1(Nc2ccc(C=O)c(N3CCC4(CC3)CC4)c2)#CC12CC2. The Bertz CT molecular complexity index is 810. The summed E-state index contributed by atoms with van der Waals surface area (Å²) in [5, 5.41) is 3.68. The van der Waals surface area contributed by atoms with Crippen LogP contribution in [0.3, 0.4) is 0 Å². The van der Waals surface area contributed by atoms with E-state index in [9.17, 15) is 4.79 Å². The number of nitrogens with zero attached hydrogens (tertiary/aromatic N) is 1. The van der Waals surface area contributed by atoms with Gasteiger partial charge in [0.1, 0.15) is 0 Å². The third-order valence-corrected chi connectivity index (χ3v) is 9.75. The van der Waals surface area contributed by atoms with Crippen LogP contribution in [0.5, 0.6) is 0 Å². The lowest BCUT2D eigenvalue weighted by Crippen LogP contribution is -2.35. The number of piperidine rings is 1. The first kappa shape index (κ1) is 14.0. The molecule has 122 valence electrons. The van der Waals surface area contributed by atoms with Gasteiger partial charge in [-0.05, 0) is 68.4 Å². The molecule has 3 fully saturated rings. The van der Waals surface area contributed by atoms with E-state index in [0.29, 0.717) is 10.2 Å². The van der Waals surface area contributed by atoms with Crippen LogP contribution in [0, 0.1) is 10.6 Å². The van der Waals surface area contributed by atoms with E-state index in [0.717, 1.165) is 36.3 Å². The number of carbonyl (C=O) groups excluding carboxylic acids is 1. The molecule has 1 unspecified atom stereocenters. The van der Waals surface area contributed by atoms with Crippen molar-refractivity contribution in [3.63, 3.8) is 0 Å². The second-order valence-electron chi connectivity index (χ2n) is 8.00. The molecule has 1 aromatic rings. The van der Waals surface area contributed by atoms with Crippen LogP contribution in [0.1, 0.15) is 48.9 Å². The van der Waals surface area contributed by atoms with Gasteiger partial charge >= 0.3 is 0 Å². The lowest BCUT2D eigenvalue weighted by atomic mass is 9.93. The molecular formula is C19H24N2OS. The van der Waals surface area contributed by atoms with E-state index in [1.165, 1.54) is 38.5 Å². The molecule has 2 spiro atoms. The summed E-state index contributed by atoms with van der Waals surface area (Å²) in [5.41, 5.74) is 3.77. The van der Waals surface area contributed by atoms with Gasteiger partial charge < -0.3 is 9.62 Å². The third-order valence-electron chi connectivity index (χ3n) is 6.44. The van der Waals surface area contributed by atoms with E-state index >= 15 is 0 Å². The van der Waals surface area contributed by atoms with Gasteiger partial charge in [0.25, 0.3) is 0 Å². The summed E-state index contributed by atoms with van der Waals surface area (Å²) in [4.78, 5) is 13.9. The summed E-state index contributed by atoms with van der Waals surface area (Å²) in [5.74, 6) is 0. The number of hydrogen-bond acceptors (Lipinski definition) is 3. The Labute approximate surface area is 139 Å². The van der Waals surface area contributed by atoms with E-state index in [4.69, 9.17) is 0 Å². The minimum absolute atomic E-state index is 0.431. The van der Waals surface area contributed by atoms with E-state index in [1.807, 2.05) is 6.07 Å². The van der Waals surface area contributed by atoms with Crippen LogP contribution in [0.15, 0.2) is 18.2 Å². The molecule has 2 aliphatic heterocycles. The molecule has 4 aliphatic rings. The number of anilines is 2. The zero-order valence-corrected chi connectivity index (χ0v) is 14.5. The van der Waals surface area contributed by atoms with Gasteiger partial charge in [-0.25, -0.2) is 0 Å². The molecule has 1 atom stereocenters. The fraction of sp³-hybridized carbons (Fsp3) is 0.579. The maximum atomic E-state index is 11.5. The average molecular weight is 328 g/mol. The Morgan fingerprint density at radius 2 is 1.91 bits per heavy atom. The number of carbonyl (C=O) groups is 1. The highest BCUT2D eigenvalue weighted by molar-refractivity contribution is 8.30. The number of hydrogen-bond donors (Lipinski definition) is 1. The number of benzene rings is 1. The van der Waals surface area contributed by atoms with Crippen LogP contribution < -0.4 is 9.62 Å². The highest BCUT2D eigenvalue weighted by Gasteiger charge is 2.57. The Kier molecular flexibility index (Phi) is 2.66. The van der Waals surface area contributed by atoms with E-state index in [1.54, 1.807) is 0 Å². The van der Waals surface area contributed by atoms with E-state index < -0.39 is 9.62 Å². The fourth-order valence-corrected chi connectivity index (χ4v) is 7.26. The first-order valence-electron chi connectivity index (χ1n) is 8.76. The van der Waals surface area contributed by atoms with Crippen molar-refractivity contribution in [2.45, 2.75) is 43.3 Å². The largest absolute Gasteiger partial charge is 0.371 e. The van der Waals surface area contributed by atoms with Gasteiger partial charge in [0.15, 0.2) is 6.29 Å². The number of rotatable bonds is 3. The molecular weight excluding hydrogens is 304 g/mol. The summed E-state index contributed by atoms with van der Waals surface area (Å²) in [6.45, 7) is 2.19. The molecule has 1 aromatic carbocycles. The van der Waals surface area contributed by atoms with Crippen LogP contribution in [0.4, 0.5) is 11.4 Å². The second kappa shape index (κ2) is 4.37. The molecule has 0 radical (unpaired) electrons. The van der Waals surface area contributed by atoms with E-state index in [-0.39, 0.29) is 0 Å². The van der Waals surface area contributed by atoms with Crippen molar-refractivity contribution >= 4 is 27.3 Å². The number of nitrogens with one attached hydrogen (secondary N) is 1. The minimum atomic E-state index is -0.877. The summed E-state index contributed by atoms with van der Waals surface area (Å²) < 4.78 is 4.16. The van der Waals surface area contributed by atoms with Crippen LogP contribution in [-0.4, -0.2) is 30.4 Å². The van der Waals surface area contributed by atoms with Gasteiger partial charge in [0.2, 0.25) is 0 Å². The molecule has 2 heterocycles. The van der Waals surface area contributed by atoms with Crippen molar-refractivity contribution in [2.24, 2.45) is 5.41 Å². The average Bonchev–Trinajstić information content (AvgIpc) is 3.48. The topological polar surface area (TPSA) is 32.3 Å². The normalized spacial score (nSPS) is 31.3. The molecule has 3 nitrogen and oxygen atoms in total. The van der Waals surface area contributed by atoms with Gasteiger partial charge in [0, 0.05) is 30.0 Å². The van der Waals surface area contributed by atoms with Crippen LogP contribution in [0.25, 0.3) is 0 Å². The van der Waals surface area contributed by atoms with Crippen molar-refractivity contribution < 1.29 is 4.79 Å². The first-order valence-corrected chi connectivity index (χ1v) is 10.8. The van der Waals surface area contributed by atoms with Gasteiger partial charge in [-0.3, -0.25) is 4.79 Å². The molecule has 1 N–H and O–H groups in total. The predicted octanol–water partition coefficient (Wildman–Crippen LogP) is 4.15. The zero-order chi connectivity index (χ0) is 15.7. The van der Waals surface area contributed by atoms with Crippen molar-refractivity contribution in [3.8, 4) is 5.18 Å². The maximum Gasteiger partial charge on any atom is 0.152 e. The molecule has 5 rings (SSSR count). The summed E-state index contributed by atoms with van der Waals surface area (Å²) in [6, 6.07) is 6.24. The smallest absolute Gasteiger partial charge is 0.152 e. The van der Waals surface area contributed by atoms with Gasteiger partial charge in [-0.1, -0.05) is 5.18 Å². The van der Waals surface area contributed by atoms with Crippen molar-refractivity contribution in [1.29, 1.82) is 0 Å². The Balaban J connectivity index is 1.39. The standard InChI is InChI=1S/C19H24N2OS/c1-23(14-19(23)6-7-19)20-16-3-2-15(13-22)17(12-16)21-10-8-18(4-5-18)9-11-21/h2-3,12-13,20H,4-11H2,1H3. The van der Waals surface area contributed by atoms with Gasteiger partial charge in [0.05, 0.1) is 4.75 Å². The van der Waals surface area contributed by atoms with Crippen LogP contribution in [0.2, 0.25) is 0 Å². The van der Waals surface area contributed by atoms with Gasteiger partial charge in [-0.2, -0.15) is 0 Å². The van der Waals surface area contributed by atoms with Gasteiger partial charge in [-0.15, -0.1) is 9.62 Å². The first-order chi connectivity index (χ1) is 11.1. The summed E-state index contributed by atoms with van der Waals surface area (Å²) >= 11 is 0. The highest BCUT2D eigenvalue weighted by Crippen LogP contribution is 2.70. The molecule has 0 aromatic heterocycles. The molecule has 4 heteroatoms. The summed E-state index contributed by atoms with van der Waals surface area (Å²) in [7, 11) is -0.877. The van der Waals surface area contributed by atoms with Crippen molar-refractivity contribution in [2.75, 3.05) is 29.0 Å². The van der Waals surface area contributed by atoms with Crippen molar-refractivity contribution in [1.82, 2.24) is 0 Å².